The maximum Gasteiger partial charge on any atom is 0.259 e. The van der Waals surface area contributed by atoms with Crippen molar-refractivity contribution in [3.8, 4) is 5.75 Å². The molecule has 0 aliphatic heterocycles. The van der Waals surface area contributed by atoms with Gasteiger partial charge in [-0.1, -0.05) is 13.3 Å². The Bertz CT molecular complexity index is 881. The number of rotatable bonds is 9. The molecular weight excluding hydrogens is 384 g/mol. The van der Waals surface area contributed by atoms with Crippen LogP contribution in [0.4, 0.5) is 5.69 Å². The first-order valence-electron chi connectivity index (χ1n) is 8.54. The lowest BCUT2D eigenvalue weighted by atomic mass is 10.2. The first kappa shape index (κ1) is 21.3. The van der Waals surface area contributed by atoms with E-state index in [1.165, 1.54) is 19.2 Å². The van der Waals surface area contributed by atoms with Gasteiger partial charge in [-0.3, -0.25) is 4.79 Å². The van der Waals surface area contributed by atoms with E-state index in [-0.39, 0.29) is 10.8 Å². The number of sulfonamides is 1. The molecule has 0 bridgehead atoms. The quantitative estimate of drug-likeness (QED) is 0.488. The molecule has 2 aromatic rings. The number of hydrogen-bond donors (Lipinski definition) is 2. The Morgan fingerprint density at radius 3 is 2.44 bits per heavy atom. The first-order valence-corrected chi connectivity index (χ1v) is 11.2. The number of carbonyl (C=O) groups is 1. The Labute approximate surface area is 164 Å². The molecule has 0 aromatic heterocycles. The van der Waals surface area contributed by atoms with Crippen molar-refractivity contribution >= 4 is 33.4 Å². The maximum atomic E-state index is 12.5. The second-order valence-electron chi connectivity index (χ2n) is 5.80. The minimum atomic E-state index is -3.53. The van der Waals surface area contributed by atoms with Crippen LogP contribution in [0.2, 0.25) is 0 Å². The number of nitrogens with one attached hydrogen (secondary N) is 2. The molecule has 1 amide bonds. The van der Waals surface area contributed by atoms with Gasteiger partial charge < -0.3 is 10.1 Å². The van der Waals surface area contributed by atoms with Gasteiger partial charge in [-0.15, -0.1) is 11.8 Å². The maximum absolute atomic E-state index is 12.5. The van der Waals surface area contributed by atoms with E-state index < -0.39 is 10.0 Å². The Hall–Kier alpha value is -2.03. The Balaban J connectivity index is 2.11. The summed E-state index contributed by atoms with van der Waals surface area (Å²) in [4.78, 5) is 13.7. The Morgan fingerprint density at radius 1 is 1.15 bits per heavy atom. The Morgan fingerprint density at radius 2 is 1.85 bits per heavy atom. The molecule has 8 heteroatoms. The molecule has 0 saturated heterocycles. The minimum Gasteiger partial charge on any atom is -0.496 e. The molecule has 0 spiro atoms. The first-order chi connectivity index (χ1) is 12.9. The summed E-state index contributed by atoms with van der Waals surface area (Å²) in [6, 6.07) is 11.4. The fraction of sp³-hybridized carbons (Fsp3) is 0.316. The fourth-order valence-corrected chi connectivity index (χ4v) is 3.87. The molecule has 0 aliphatic carbocycles. The molecule has 146 valence electrons. The molecule has 0 aliphatic rings. The SMILES string of the molecule is CCCCNS(=O)(=O)c1ccc(NC(=O)c2ccc(SC)cc2OC)cc1. The number of hydrogen-bond acceptors (Lipinski definition) is 5. The van der Waals surface area contributed by atoms with Gasteiger partial charge in [-0.05, 0) is 55.1 Å². The van der Waals surface area contributed by atoms with Gasteiger partial charge in [0.25, 0.3) is 5.91 Å². The largest absolute Gasteiger partial charge is 0.496 e. The summed E-state index contributed by atoms with van der Waals surface area (Å²) in [6.45, 7) is 2.40. The van der Waals surface area contributed by atoms with Crippen molar-refractivity contribution in [3.63, 3.8) is 0 Å². The molecule has 0 saturated carbocycles. The number of methoxy groups -OCH3 is 1. The number of amides is 1. The molecule has 2 N–H and O–H groups in total. The van der Waals surface area contributed by atoms with E-state index in [0.29, 0.717) is 23.5 Å². The van der Waals surface area contributed by atoms with Crippen LogP contribution in [0.1, 0.15) is 30.1 Å². The van der Waals surface area contributed by atoms with Gasteiger partial charge in [0.2, 0.25) is 10.0 Å². The van der Waals surface area contributed by atoms with E-state index in [9.17, 15) is 13.2 Å². The molecule has 6 nitrogen and oxygen atoms in total. The lowest BCUT2D eigenvalue weighted by molar-refractivity contribution is 0.102. The summed E-state index contributed by atoms with van der Waals surface area (Å²) in [5.41, 5.74) is 0.914. The van der Waals surface area contributed by atoms with Crippen LogP contribution in [-0.2, 0) is 10.0 Å². The monoisotopic (exact) mass is 408 g/mol. The van der Waals surface area contributed by atoms with Gasteiger partial charge in [0, 0.05) is 17.1 Å². The number of anilines is 1. The zero-order valence-corrected chi connectivity index (χ0v) is 17.2. The lowest BCUT2D eigenvalue weighted by Gasteiger charge is -2.11. The van der Waals surface area contributed by atoms with Crippen LogP contribution in [0.5, 0.6) is 5.75 Å². The van der Waals surface area contributed by atoms with Gasteiger partial charge in [0.05, 0.1) is 17.6 Å². The Kier molecular flexibility index (Phi) is 7.70. The molecule has 2 rings (SSSR count). The van der Waals surface area contributed by atoms with Crippen molar-refractivity contribution in [2.45, 2.75) is 29.6 Å². The molecule has 0 heterocycles. The third-order valence-electron chi connectivity index (χ3n) is 3.90. The summed E-state index contributed by atoms with van der Waals surface area (Å²) in [5.74, 6) is 0.162. The number of thioether (sulfide) groups is 1. The molecule has 0 fully saturated rings. The van der Waals surface area contributed by atoms with Crippen LogP contribution in [-0.4, -0.2) is 34.2 Å². The molecule has 0 radical (unpaired) electrons. The lowest BCUT2D eigenvalue weighted by Crippen LogP contribution is -2.24. The highest BCUT2D eigenvalue weighted by molar-refractivity contribution is 7.98. The summed E-state index contributed by atoms with van der Waals surface area (Å²) in [5, 5.41) is 2.76. The van der Waals surface area contributed by atoms with Gasteiger partial charge in [-0.2, -0.15) is 0 Å². The van der Waals surface area contributed by atoms with Crippen molar-refractivity contribution in [2.24, 2.45) is 0 Å². The van der Waals surface area contributed by atoms with Crippen LogP contribution in [0.25, 0.3) is 0 Å². The predicted octanol–water partition coefficient (Wildman–Crippen LogP) is 3.75. The second kappa shape index (κ2) is 9.77. The van der Waals surface area contributed by atoms with E-state index in [1.807, 2.05) is 19.2 Å². The van der Waals surface area contributed by atoms with Crippen LogP contribution >= 0.6 is 11.8 Å². The van der Waals surface area contributed by atoms with Gasteiger partial charge >= 0.3 is 0 Å². The van der Waals surface area contributed by atoms with E-state index in [0.717, 1.165) is 17.7 Å². The molecule has 0 unspecified atom stereocenters. The smallest absolute Gasteiger partial charge is 0.259 e. The van der Waals surface area contributed by atoms with Crippen molar-refractivity contribution in [1.82, 2.24) is 4.72 Å². The van der Waals surface area contributed by atoms with Gasteiger partial charge in [0.15, 0.2) is 0 Å². The zero-order chi connectivity index (χ0) is 19.9. The normalized spacial score (nSPS) is 11.2. The van der Waals surface area contributed by atoms with Crippen LogP contribution in [0, 0.1) is 0 Å². The van der Waals surface area contributed by atoms with Crippen LogP contribution < -0.4 is 14.8 Å². The summed E-state index contributed by atoms with van der Waals surface area (Å²) in [7, 11) is -2.02. The highest BCUT2D eigenvalue weighted by Crippen LogP contribution is 2.26. The standard InChI is InChI=1S/C19H24N2O4S2/c1-4-5-12-20-27(23,24)16-9-6-14(7-10-16)21-19(22)17-11-8-15(26-3)13-18(17)25-2/h6-11,13,20H,4-5,12H2,1-3H3,(H,21,22). The molecular formula is C19H24N2O4S2. The topological polar surface area (TPSA) is 84.5 Å². The summed E-state index contributed by atoms with van der Waals surface area (Å²) in [6.07, 6.45) is 3.64. The van der Waals surface area contributed by atoms with Crippen molar-refractivity contribution in [1.29, 1.82) is 0 Å². The summed E-state index contributed by atoms with van der Waals surface area (Å²) < 4.78 is 32.2. The summed E-state index contributed by atoms with van der Waals surface area (Å²) >= 11 is 1.56. The van der Waals surface area contributed by atoms with Crippen molar-refractivity contribution in [3.05, 3.63) is 48.0 Å². The minimum absolute atomic E-state index is 0.165. The number of carbonyl (C=O) groups excluding carboxylic acids is 1. The average Bonchev–Trinajstić information content (AvgIpc) is 2.67. The van der Waals surface area contributed by atoms with E-state index in [4.69, 9.17) is 4.74 Å². The predicted molar refractivity (Wildman–Crippen MR) is 109 cm³/mol. The fourth-order valence-electron chi connectivity index (χ4n) is 2.37. The van der Waals surface area contributed by atoms with E-state index >= 15 is 0 Å². The van der Waals surface area contributed by atoms with Gasteiger partial charge in [0.1, 0.15) is 5.75 Å². The van der Waals surface area contributed by atoms with Crippen molar-refractivity contribution < 1.29 is 17.9 Å². The van der Waals surface area contributed by atoms with Crippen molar-refractivity contribution in [2.75, 3.05) is 25.2 Å². The zero-order valence-electron chi connectivity index (χ0n) is 15.6. The number of unbranched alkanes of at least 4 members (excludes halogenated alkanes) is 1. The van der Waals surface area contributed by atoms with E-state index in [2.05, 4.69) is 10.0 Å². The number of benzene rings is 2. The third-order valence-corrected chi connectivity index (χ3v) is 6.10. The van der Waals surface area contributed by atoms with Crippen LogP contribution in [0.3, 0.4) is 0 Å². The van der Waals surface area contributed by atoms with E-state index in [1.54, 1.807) is 36.0 Å². The second-order valence-corrected chi connectivity index (χ2v) is 8.44. The highest BCUT2D eigenvalue weighted by Gasteiger charge is 2.15. The third kappa shape index (κ3) is 5.72. The molecule has 0 atom stereocenters. The molecule has 2 aromatic carbocycles. The van der Waals surface area contributed by atoms with Crippen LogP contribution in [0.15, 0.2) is 52.3 Å². The van der Waals surface area contributed by atoms with Gasteiger partial charge in [-0.25, -0.2) is 13.1 Å². The number of ether oxygens (including phenoxy) is 1. The average molecular weight is 409 g/mol. The highest BCUT2D eigenvalue weighted by atomic mass is 32.2. The molecule has 27 heavy (non-hydrogen) atoms.